The Morgan fingerprint density at radius 2 is 1.71 bits per heavy atom. The van der Waals surface area contributed by atoms with Gasteiger partial charge in [-0.25, -0.2) is 9.78 Å². The predicted octanol–water partition coefficient (Wildman–Crippen LogP) is 3.90. The Morgan fingerprint density at radius 3 is 2.45 bits per heavy atom. The van der Waals surface area contributed by atoms with Crippen LogP contribution >= 0.6 is 0 Å². The molecule has 7 heteroatoms. The first-order chi connectivity index (χ1) is 15.2. The number of rotatable bonds is 3. The maximum absolute atomic E-state index is 12.9. The maximum Gasteiger partial charge on any atom is 0.322 e. The summed E-state index contributed by atoms with van der Waals surface area (Å²) in [5.41, 5.74) is 3.07. The number of carbonyl (C=O) groups excluding carboxylic acids is 1. The summed E-state index contributed by atoms with van der Waals surface area (Å²) in [5, 5.41) is 3.03. The van der Waals surface area contributed by atoms with E-state index < -0.39 is 0 Å². The van der Waals surface area contributed by atoms with Gasteiger partial charge in [0.15, 0.2) is 0 Å². The van der Waals surface area contributed by atoms with Crippen LogP contribution in [0, 0.1) is 5.92 Å². The molecule has 4 heterocycles. The lowest BCUT2D eigenvalue weighted by Crippen LogP contribution is -2.42. The van der Waals surface area contributed by atoms with E-state index in [4.69, 9.17) is 9.97 Å². The van der Waals surface area contributed by atoms with E-state index in [-0.39, 0.29) is 6.03 Å². The molecule has 2 saturated heterocycles. The van der Waals surface area contributed by atoms with Crippen LogP contribution in [0.25, 0.3) is 0 Å². The highest BCUT2D eigenvalue weighted by Crippen LogP contribution is 2.32. The molecule has 0 saturated carbocycles. The number of fused-ring (bicyclic) bond motifs is 1. The molecule has 0 spiro atoms. The van der Waals surface area contributed by atoms with Gasteiger partial charge in [-0.15, -0.1) is 0 Å². The molecule has 0 aliphatic carbocycles. The number of amides is 2. The van der Waals surface area contributed by atoms with Crippen LogP contribution in [-0.2, 0) is 13.0 Å². The molecule has 0 atom stereocenters. The summed E-state index contributed by atoms with van der Waals surface area (Å²) < 4.78 is 0. The van der Waals surface area contributed by atoms with Crippen molar-refractivity contribution in [2.24, 2.45) is 5.92 Å². The Bertz CT molecular complexity index is 919. The summed E-state index contributed by atoms with van der Waals surface area (Å²) in [7, 11) is 0. The summed E-state index contributed by atoms with van der Waals surface area (Å²) in [5.74, 6) is 2.70. The van der Waals surface area contributed by atoms with Gasteiger partial charge in [-0.05, 0) is 43.7 Å². The highest BCUT2D eigenvalue weighted by atomic mass is 16.2. The molecule has 3 aliphatic rings. The van der Waals surface area contributed by atoms with E-state index in [1.54, 1.807) is 0 Å². The Hall–Kier alpha value is -2.83. The number of urea groups is 1. The number of carbonyl (C=O) groups is 1. The average molecular weight is 421 g/mol. The fraction of sp³-hybridized carbons (Fsp3) is 0.542. The third-order valence-corrected chi connectivity index (χ3v) is 6.81. The Kier molecular flexibility index (Phi) is 5.66. The Balaban J connectivity index is 1.42. The topological polar surface area (TPSA) is 64.6 Å². The number of nitrogens with zero attached hydrogens (tertiary/aromatic N) is 5. The van der Waals surface area contributed by atoms with Gasteiger partial charge in [-0.2, -0.15) is 4.98 Å². The molecule has 164 valence electrons. The van der Waals surface area contributed by atoms with Crippen LogP contribution in [0.4, 0.5) is 22.2 Å². The van der Waals surface area contributed by atoms with Gasteiger partial charge < -0.3 is 20.0 Å². The lowest BCUT2D eigenvalue weighted by molar-refractivity contribution is 0.206. The molecular formula is C24H32N6O. The van der Waals surface area contributed by atoms with Crippen LogP contribution in [0.2, 0.25) is 0 Å². The molecule has 0 unspecified atom stereocenters. The van der Waals surface area contributed by atoms with Crippen molar-refractivity contribution in [2.75, 3.05) is 47.8 Å². The molecule has 1 aromatic carbocycles. The van der Waals surface area contributed by atoms with E-state index in [0.717, 1.165) is 67.2 Å². The van der Waals surface area contributed by atoms with Gasteiger partial charge in [-0.1, -0.05) is 25.1 Å². The number of hydrogen-bond acceptors (Lipinski definition) is 5. The monoisotopic (exact) mass is 420 g/mol. The van der Waals surface area contributed by atoms with E-state index in [1.807, 2.05) is 35.2 Å². The maximum atomic E-state index is 12.9. The molecule has 31 heavy (non-hydrogen) atoms. The van der Waals surface area contributed by atoms with Crippen molar-refractivity contribution in [1.82, 2.24) is 14.9 Å². The fourth-order valence-corrected chi connectivity index (χ4v) is 4.82. The van der Waals surface area contributed by atoms with Gasteiger partial charge in [0.1, 0.15) is 5.82 Å². The SMILES string of the molecule is CC1CCN(c2nc(N3CCCC3)nc3c2CN(C(=O)Nc2ccccc2)CC3)CC1. The van der Waals surface area contributed by atoms with Gasteiger partial charge in [0.25, 0.3) is 0 Å². The van der Waals surface area contributed by atoms with E-state index >= 15 is 0 Å². The minimum atomic E-state index is -0.0568. The second-order valence-electron chi connectivity index (χ2n) is 9.10. The summed E-state index contributed by atoms with van der Waals surface area (Å²) >= 11 is 0. The lowest BCUT2D eigenvalue weighted by Gasteiger charge is -2.36. The fourth-order valence-electron chi connectivity index (χ4n) is 4.82. The van der Waals surface area contributed by atoms with Gasteiger partial charge in [0, 0.05) is 50.4 Å². The Morgan fingerprint density at radius 1 is 0.968 bits per heavy atom. The van der Waals surface area contributed by atoms with Gasteiger partial charge >= 0.3 is 6.03 Å². The molecule has 2 fully saturated rings. The molecule has 5 rings (SSSR count). The molecule has 3 aliphatic heterocycles. The lowest BCUT2D eigenvalue weighted by atomic mass is 9.98. The minimum Gasteiger partial charge on any atom is -0.356 e. The molecular weight excluding hydrogens is 388 g/mol. The van der Waals surface area contributed by atoms with Crippen molar-refractivity contribution in [3.63, 3.8) is 0 Å². The number of piperidine rings is 1. The second-order valence-corrected chi connectivity index (χ2v) is 9.10. The van der Waals surface area contributed by atoms with Gasteiger partial charge in [0.05, 0.1) is 12.2 Å². The van der Waals surface area contributed by atoms with Crippen LogP contribution in [0.3, 0.4) is 0 Å². The molecule has 2 amide bonds. The molecule has 0 radical (unpaired) electrons. The quantitative estimate of drug-likeness (QED) is 0.816. The first-order valence-electron chi connectivity index (χ1n) is 11.7. The summed E-state index contributed by atoms with van der Waals surface area (Å²) in [6, 6.07) is 9.60. The van der Waals surface area contributed by atoms with E-state index in [1.165, 1.54) is 25.7 Å². The van der Waals surface area contributed by atoms with E-state index in [2.05, 4.69) is 22.0 Å². The summed E-state index contributed by atoms with van der Waals surface area (Å²) in [6.07, 6.45) is 5.58. The third-order valence-electron chi connectivity index (χ3n) is 6.81. The summed E-state index contributed by atoms with van der Waals surface area (Å²) in [4.78, 5) is 29.6. The smallest absolute Gasteiger partial charge is 0.322 e. The zero-order valence-corrected chi connectivity index (χ0v) is 18.4. The van der Waals surface area contributed by atoms with E-state index in [0.29, 0.717) is 13.1 Å². The largest absolute Gasteiger partial charge is 0.356 e. The van der Waals surface area contributed by atoms with Crippen molar-refractivity contribution < 1.29 is 4.79 Å². The van der Waals surface area contributed by atoms with Crippen molar-refractivity contribution in [3.8, 4) is 0 Å². The number of benzene rings is 1. The van der Waals surface area contributed by atoms with Crippen molar-refractivity contribution in [2.45, 2.75) is 45.6 Å². The predicted molar refractivity (Wildman–Crippen MR) is 124 cm³/mol. The number of hydrogen-bond donors (Lipinski definition) is 1. The molecule has 7 nitrogen and oxygen atoms in total. The number of para-hydroxylation sites is 1. The highest BCUT2D eigenvalue weighted by molar-refractivity contribution is 5.89. The van der Waals surface area contributed by atoms with Crippen LogP contribution in [0.1, 0.15) is 43.9 Å². The number of nitrogens with one attached hydrogen (secondary N) is 1. The Labute approximate surface area is 184 Å². The second kappa shape index (κ2) is 8.73. The summed E-state index contributed by atoms with van der Waals surface area (Å²) in [6.45, 7) is 7.72. The van der Waals surface area contributed by atoms with Crippen LogP contribution < -0.4 is 15.1 Å². The zero-order valence-electron chi connectivity index (χ0n) is 18.4. The molecule has 1 N–H and O–H groups in total. The number of aromatic nitrogens is 2. The van der Waals surface area contributed by atoms with Gasteiger partial charge in [-0.3, -0.25) is 0 Å². The average Bonchev–Trinajstić information content (AvgIpc) is 3.34. The normalized spacial score (nSPS) is 19.5. The first kappa shape index (κ1) is 20.1. The van der Waals surface area contributed by atoms with Crippen LogP contribution in [0.15, 0.2) is 30.3 Å². The first-order valence-corrected chi connectivity index (χ1v) is 11.7. The van der Waals surface area contributed by atoms with Crippen molar-refractivity contribution >= 4 is 23.5 Å². The highest BCUT2D eigenvalue weighted by Gasteiger charge is 2.30. The van der Waals surface area contributed by atoms with Gasteiger partial charge in [0.2, 0.25) is 5.95 Å². The van der Waals surface area contributed by atoms with Crippen LogP contribution in [0.5, 0.6) is 0 Å². The molecule has 0 bridgehead atoms. The van der Waals surface area contributed by atoms with Crippen molar-refractivity contribution in [1.29, 1.82) is 0 Å². The van der Waals surface area contributed by atoms with Crippen LogP contribution in [-0.4, -0.2) is 53.6 Å². The third kappa shape index (κ3) is 4.31. The zero-order chi connectivity index (χ0) is 21.2. The minimum absolute atomic E-state index is 0.0568. The number of anilines is 3. The standard InChI is InChI=1S/C24H32N6O/c1-18-9-14-28(15-10-18)22-20-17-30(24(31)25-19-7-3-2-4-8-19)16-11-21(20)26-23(27-22)29-12-5-6-13-29/h2-4,7-8,18H,5-6,9-17H2,1H3,(H,25,31). The molecule has 1 aromatic heterocycles. The van der Waals surface area contributed by atoms with Crippen molar-refractivity contribution in [3.05, 3.63) is 41.6 Å². The molecule has 2 aromatic rings. The van der Waals surface area contributed by atoms with E-state index in [9.17, 15) is 4.79 Å².